The Morgan fingerprint density at radius 2 is 1.69 bits per heavy atom. The van der Waals surface area contributed by atoms with Crippen molar-refractivity contribution in [1.82, 2.24) is 10.3 Å². The predicted molar refractivity (Wildman–Crippen MR) is 105 cm³/mol. The van der Waals surface area contributed by atoms with Crippen molar-refractivity contribution in [2.75, 3.05) is 0 Å². The van der Waals surface area contributed by atoms with Gasteiger partial charge in [-0.2, -0.15) is 0 Å². The molecule has 1 unspecified atom stereocenters. The van der Waals surface area contributed by atoms with Crippen LogP contribution in [0.15, 0.2) is 59.0 Å². The van der Waals surface area contributed by atoms with Crippen LogP contribution < -0.4 is 5.32 Å². The molecule has 2 N–H and O–H groups in total. The Labute approximate surface area is 167 Å². The van der Waals surface area contributed by atoms with Crippen LogP contribution in [-0.4, -0.2) is 33.8 Å². The first-order valence-electron chi connectivity index (χ1n) is 9.02. The molecular weight excluding hydrogens is 372 g/mol. The number of hydrogen-bond acceptors (Lipinski definition) is 5. The molecule has 0 radical (unpaired) electrons. The van der Waals surface area contributed by atoms with Crippen LogP contribution >= 0.6 is 0 Å². The average molecular weight is 392 g/mol. The number of Topliss-reactive ketones (excluding diaryl/α,β-unsaturated/α-hetero) is 1. The molecule has 1 atom stereocenters. The van der Waals surface area contributed by atoms with E-state index in [-0.39, 0.29) is 18.1 Å². The number of aromatic nitrogens is 1. The number of rotatable bonds is 7. The molecule has 0 saturated carbocycles. The van der Waals surface area contributed by atoms with Gasteiger partial charge in [0.25, 0.3) is 11.7 Å². The van der Waals surface area contributed by atoms with E-state index < -0.39 is 23.7 Å². The summed E-state index contributed by atoms with van der Waals surface area (Å²) in [7, 11) is 0. The van der Waals surface area contributed by atoms with Crippen LogP contribution in [0, 0.1) is 13.8 Å². The van der Waals surface area contributed by atoms with Crippen molar-refractivity contribution in [3.8, 4) is 11.3 Å². The molecule has 0 saturated heterocycles. The molecule has 2 aromatic carbocycles. The summed E-state index contributed by atoms with van der Waals surface area (Å²) in [6, 6.07) is 15.0. The van der Waals surface area contributed by atoms with Gasteiger partial charge >= 0.3 is 5.97 Å². The van der Waals surface area contributed by atoms with Crippen molar-refractivity contribution >= 4 is 17.7 Å². The highest BCUT2D eigenvalue weighted by Crippen LogP contribution is 2.27. The Balaban J connectivity index is 1.91. The third-order valence-corrected chi connectivity index (χ3v) is 4.46. The number of nitrogens with one attached hydrogen (secondary N) is 1. The number of amides is 1. The number of carbonyl (C=O) groups is 3. The first-order chi connectivity index (χ1) is 13.9. The van der Waals surface area contributed by atoms with E-state index in [4.69, 9.17) is 9.52 Å². The molecule has 1 amide bonds. The minimum atomic E-state index is -1.61. The number of benzene rings is 2. The highest BCUT2D eigenvalue weighted by molar-refractivity contribution is 6.35. The zero-order chi connectivity index (χ0) is 21.0. The minimum Gasteiger partial charge on any atom is -0.475 e. The van der Waals surface area contributed by atoms with E-state index in [0.717, 1.165) is 16.7 Å². The van der Waals surface area contributed by atoms with E-state index in [1.165, 1.54) is 0 Å². The second kappa shape index (κ2) is 8.52. The first kappa shape index (κ1) is 20.0. The van der Waals surface area contributed by atoms with Gasteiger partial charge in [0.15, 0.2) is 5.89 Å². The first-order valence-corrected chi connectivity index (χ1v) is 9.02. The predicted octanol–water partition coefficient (Wildman–Crippen LogP) is 2.95. The molecule has 1 aromatic heterocycles. The van der Waals surface area contributed by atoms with Crippen LogP contribution in [0.3, 0.4) is 0 Å². The molecular formula is C22H20N2O5. The normalized spacial score (nSPS) is 11.7. The maximum Gasteiger partial charge on any atom is 0.374 e. The molecule has 1 heterocycles. The largest absolute Gasteiger partial charge is 0.475 e. The third-order valence-electron chi connectivity index (χ3n) is 4.46. The molecule has 0 fully saturated rings. The van der Waals surface area contributed by atoms with Crippen molar-refractivity contribution in [3.05, 3.63) is 77.4 Å². The fraction of sp³-hybridized carbons (Fsp3) is 0.182. The van der Waals surface area contributed by atoms with Crippen molar-refractivity contribution < 1.29 is 23.9 Å². The molecule has 3 rings (SSSR count). The second-order valence-corrected chi connectivity index (χ2v) is 6.61. The molecule has 0 aliphatic rings. The summed E-state index contributed by atoms with van der Waals surface area (Å²) in [5, 5.41) is 11.7. The fourth-order valence-corrected chi connectivity index (χ4v) is 3.03. The molecule has 29 heavy (non-hydrogen) atoms. The van der Waals surface area contributed by atoms with Gasteiger partial charge in [0.1, 0.15) is 11.7 Å². The third kappa shape index (κ3) is 4.57. The molecule has 3 aromatic rings. The number of carboxylic acids is 1. The summed E-state index contributed by atoms with van der Waals surface area (Å²) < 4.78 is 5.50. The van der Waals surface area contributed by atoms with Gasteiger partial charge in [-0.3, -0.25) is 9.59 Å². The van der Waals surface area contributed by atoms with Crippen LogP contribution in [0.1, 0.15) is 27.6 Å². The highest BCUT2D eigenvalue weighted by atomic mass is 16.4. The number of hydrogen-bond donors (Lipinski definition) is 2. The Morgan fingerprint density at radius 3 is 2.34 bits per heavy atom. The summed E-state index contributed by atoms with van der Waals surface area (Å²) in [5.74, 6) is -3.18. The standard InChI is InChI=1S/C22H20N2O5/c1-13-8-6-7-11-16(13)18-20(29-14(2)23-18)21(26)24-17(19(25)22(27)28)12-15-9-4-3-5-10-15/h3-11,17H,12H2,1-2H3,(H,24,26)(H,27,28). The lowest BCUT2D eigenvalue weighted by molar-refractivity contribution is -0.149. The molecule has 0 aliphatic carbocycles. The van der Waals surface area contributed by atoms with Crippen molar-refractivity contribution in [2.24, 2.45) is 0 Å². The number of carboxylic acid groups (broad SMARTS) is 1. The van der Waals surface area contributed by atoms with Crippen LogP contribution in [0.5, 0.6) is 0 Å². The van der Waals surface area contributed by atoms with E-state index in [0.29, 0.717) is 5.69 Å². The zero-order valence-corrected chi connectivity index (χ0v) is 16.0. The summed E-state index contributed by atoms with van der Waals surface area (Å²) in [4.78, 5) is 40.6. The zero-order valence-electron chi connectivity index (χ0n) is 16.0. The Kier molecular flexibility index (Phi) is 5.87. The summed E-state index contributed by atoms with van der Waals surface area (Å²) >= 11 is 0. The molecule has 0 bridgehead atoms. The Hall–Kier alpha value is -3.74. The topological polar surface area (TPSA) is 110 Å². The Bertz CT molecular complexity index is 1060. The van der Waals surface area contributed by atoms with Gasteiger partial charge in [0.05, 0.1) is 0 Å². The number of carbonyl (C=O) groups excluding carboxylic acids is 2. The number of aryl methyl sites for hydroxylation is 2. The summed E-state index contributed by atoms with van der Waals surface area (Å²) in [6.45, 7) is 3.50. The van der Waals surface area contributed by atoms with Crippen LogP contribution in [0.4, 0.5) is 0 Å². The highest BCUT2D eigenvalue weighted by Gasteiger charge is 2.30. The van der Waals surface area contributed by atoms with Gasteiger partial charge in [-0.1, -0.05) is 54.6 Å². The lowest BCUT2D eigenvalue weighted by Gasteiger charge is -2.15. The van der Waals surface area contributed by atoms with Gasteiger partial charge < -0.3 is 14.8 Å². The molecule has 7 nitrogen and oxygen atoms in total. The summed E-state index contributed by atoms with van der Waals surface area (Å²) in [6.07, 6.45) is 0.0462. The van der Waals surface area contributed by atoms with Crippen molar-refractivity contribution in [3.63, 3.8) is 0 Å². The average Bonchev–Trinajstić information content (AvgIpc) is 3.09. The maximum atomic E-state index is 12.9. The number of ketones is 1. The van der Waals surface area contributed by atoms with Gasteiger partial charge in [-0.05, 0) is 18.1 Å². The van der Waals surface area contributed by atoms with E-state index >= 15 is 0 Å². The van der Waals surface area contributed by atoms with Crippen molar-refractivity contribution in [2.45, 2.75) is 26.3 Å². The smallest absolute Gasteiger partial charge is 0.374 e. The fourth-order valence-electron chi connectivity index (χ4n) is 3.03. The minimum absolute atomic E-state index is 0.0462. The van der Waals surface area contributed by atoms with Gasteiger partial charge in [-0.25, -0.2) is 9.78 Å². The van der Waals surface area contributed by atoms with Crippen LogP contribution in [-0.2, 0) is 16.0 Å². The molecule has 0 aliphatic heterocycles. The van der Waals surface area contributed by atoms with Crippen LogP contribution in [0.25, 0.3) is 11.3 Å². The monoisotopic (exact) mass is 392 g/mol. The van der Waals surface area contributed by atoms with E-state index in [1.54, 1.807) is 31.2 Å². The van der Waals surface area contributed by atoms with E-state index in [2.05, 4.69) is 10.3 Å². The number of oxazole rings is 1. The number of aliphatic carboxylic acids is 1. The summed E-state index contributed by atoms with van der Waals surface area (Å²) in [5.41, 5.74) is 2.69. The quantitative estimate of drug-likeness (QED) is 0.598. The van der Waals surface area contributed by atoms with E-state index in [1.807, 2.05) is 37.3 Å². The SMILES string of the molecule is Cc1nc(-c2ccccc2C)c(C(=O)NC(Cc2ccccc2)C(=O)C(=O)O)o1. The molecule has 148 valence electrons. The molecule has 0 spiro atoms. The molecule has 7 heteroatoms. The lowest BCUT2D eigenvalue weighted by Crippen LogP contribution is -2.45. The van der Waals surface area contributed by atoms with Gasteiger partial charge in [-0.15, -0.1) is 0 Å². The van der Waals surface area contributed by atoms with Crippen LogP contribution in [0.2, 0.25) is 0 Å². The Morgan fingerprint density at radius 1 is 1.03 bits per heavy atom. The second-order valence-electron chi connectivity index (χ2n) is 6.61. The van der Waals surface area contributed by atoms with Gasteiger partial charge in [0, 0.05) is 18.9 Å². The lowest BCUT2D eigenvalue weighted by atomic mass is 10.0. The van der Waals surface area contributed by atoms with Gasteiger partial charge in [0.2, 0.25) is 5.76 Å². The number of nitrogens with zero attached hydrogens (tertiary/aromatic N) is 1. The maximum absolute atomic E-state index is 12.9. The van der Waals surface area contributed by atoms with E-state index in [9.17, 15) is 14.4 Å². The van der Waals surface area contributed by atoms with Crippen molar-refractivity contribution in [1.29, 1.82) is 0 Å².